The van der Waals surface area contributed by atoms with Crippen molar-refractivity contribution in [2.24, 2.45) is 11.7 Å². The van der Waals surface area contributed by atoms with Gasteiger partial charge in [0.15, 0.2) is 5.25 Å². The minimum atomic E-state index is -4.75. The molecular formula is C26H47NO10S. The summed E-state index contributed by atoms with van der Waals surface area (Å²) in [4.78, 5) is 44.3. The van der Waals surface area contributed by atoms with E-state index in [1.165, 1.54) is 44.9 Å². The van der Waals surface area contributed by atoms with Crippen molar-refractivity contribution in [3.63, 3.8) is 0 Å². The number of aliphatic carboxylic acids is 2. The molecule has 0 spiro atoms. The molecule has 11 nitrogen and oxygen atoms in total. The van der Waals surface area contributed by atoms with Crippen LogP contribution in [-0.2, 0) is 34.0 Å². The Morgan fingerprint density at radius 3 is 1.39 bits per heavy atom. The number of carboxylic acid groups (broad SMARTS) is 2. The third-order valence-electron chi connectivity index (χ3n) is 6.47. The molecule has 5 N–H and O–H groups in total. The van der Waals surface area contributed by atoms with Gasteiger partial charge in [0.05, 0.1) is 25.4 Å². The van der Waals surface area contributed by atoms with Gasteiger partial charge in [-0.3, -0.25) is 23.7 Å². The van der Waals surface area contributed by atoms with Gasteiger partial charge in [-0.25, -0.2) is 0 Å². The highest BCUT2D eigenvalue weighted by atomic mass is 32.2. The maximum absolute atomic E-state index is 11.8. The van der Waals surface area contributed by atoms with E-state index in [0.717, 1.165) is 51.4 Å². The number of carboxylic acids is 2. The van der Waals surface area contributed by atoms with Crippen LogP contribution in [-0.4, -0.2) is 58.9 Å². The number of carbonyl (C=O) groups is 4. The third-order valence-corrected chi connectivity index (χ3v) is 7.55. The SMILES string of the molecule is NC(=O)CC(C(=O)OCCCCCCCCCCCCCCCCCCC(CC(=O)O)C(=O)O)S(=O)(=O)O. The van der Waals surface area contributed by atoms with Crippen molar-refractivity contribution >= 4 is 33.9 Å². The molecule has 0 bridgehead atoms. The number of carbonyl (C=O) groups excluding carboxylic acids is 2. The fourth-order valence-corrected chi connectivity index (χ4v) is 4.94. The molecule has 0 saturated heterocycles. The molecule has 0 aromatic carbocycles. The molecule has 0 aliphatic rings. The Bertz CT molecular complexity index is 800. The first-order chi connectivity index (χ1) is 17.9. The zero-order valence-corrected chi connectivity index (χ0v) is 23.3. The lowest BCUT2D eigenvalue weighted by Gasteiger charge is -2.11. The maximum Gasteiger partial charge on any atom is 0.327 e. The van der Waals surface area contributed by atoms with Gasteiger partial charge >= 0.3 is 17.9 Å². The second-order valence-corrected chi connectivity index (χ2v) is 11.5. The van der Waals surface area contributed by atoms with E-state index in [9.17, 15) is 27.6 Å². The van der Waals surface area contributed by atoms with Crippen molar-refractivity contribution in [2.45, 2.75) is 127 Å². The van der Waals surface area contributed by atoms with Crippen molar-refractivity contribution in [1.29, 1.82) is 0 Å². The Labute approximate surface area is 226 Å². The lowest BCUT2D eigenvalue weighted by Crippen LogP contribution is -2.35. The largest absolute Gasteiger partial charge is 0.481 e. The number of primary amides is 1. The number of hydrogen-bond donors (Lipinski definition) is 4. The molecule has 0 aromatic rings. The number of amides is 1. The van der Waals surface area contributed by atoms with E-state index in [4.69, 9.17) is 25.2 Å². The standard InChI is InChI=1S/C26H47NO10S/c27-23(28)20-22(38(34,35)36)26(33)37-18-16-14-12-10-8-6-4-2-1-3-5-7-9-11-13-15-17-21(25(31)32)19-24(29)30/h21-22H,1-20H2,(H2,27,28)(H,29,30)(H,31,32)(H,34,35,36). The van der Waals surface area contributed by atoms with E-state index in [2.05, 4.69) is 0 Å². The van der Waals surface area contributed by atoms with Crippen LogP contribution in [0.2, 0.25) is 0 Å². The van der Waals surface area contributed by atoms with Crippen LogP contribution in [0.25, 0.3) is 0 Å². The molecule has 0 aliphatic heterocycles. The van der Waals surface area contributed by atoms with Crippen molar-refractivity contribution in [2.75, 3.05) is 6.61 Å². The van der Waals surface area contributed by atoms with Gasteiger partial charge in [-0.1, -0.05) is 96.3 Å². The molecule has 0 radical (unpaired) electrons. The molecule has 222 valence electrons. The zero-order valence-electron chi connectivity index (χ0n) is 22.5. The number of rotatable bonds is 26. The Balaban J connectivity index is 3.50. The van der Waals surface area contributed by atoms with Gasteiger partial charge in [0.1, 0.15) is 0 Å². The summed E-state index contributed by atoms with van der Waals surface area (Å²) in [5, 5.41) is 15.8. The Morgan fingerprint density at radius 2 is 1.05 bits per heavy atom. The van der Waals surface area contributed by atoms with Gasteiger partial charge < -0.3 is 20.7 Å². The second kappa shape index (κ2) is 21.7. The van der Waals surface area contributed by atoms with Crippen LogP contribution in [0.4, 0.5) is 0 Å². The first kappa shape index (κ1) is 35.8. The van der Waals surface area contributed by atoms with Gasteiger partial charge in [-0.2, -0.15) is 8.42 Å². The summed E-state index contributed by atoms with van der Waals surface area (Å²) >= 11 is 0. The first-order valence-corrected chi connectivity index (χ1v) is 15.3. The number of ether oxygens (including phenoxy) is 1. The van der Waals surface area contributed by atoms with Crippen LogP contribution in [0.3, 0.4) is 0 Å². The molecule has 0 aromatic heterocycles. The Kier molecular flexibility index (Phi) is 20.4. The smallest absolute Gasteiger partial charge is 0.327 e. The van der Waals surface area contributed by atoms with Crippen LogP contribution in [0.15, 0.2) is 0 Å². The molecule has 38 heavy (non-hydrogen) atoms. The Morgan fingerprint density at radius 1 is 0.658 bits per heavy atom. The normalized spacial score (nSPS) is 13.1. The predicted octanol–water partition coefficient (Wildman–Crippen LogP) is 4.47. The molecule has 0 fully saturated rings. The second-order valence-electron chi connectivity index (χ2n) is 9.92. The minimum Gasteiger partial charge on any atom is -0.481 e. The fraction of sp³-hybridized carbons (Fsp3) is 0.846. The third kappa shape index (κ3) is 20.8. The highest BCUT2D eigenvalue weighted by molar-refractivity contribution is 7.87. The predicted molar refractivity (Wildman–Crippen MR) is 142 cm³/mol. The monoisotopic (exact) mass is 565 g/mol. The van der Waals surface area contributed by atoms with E-state index in [-0.39, 0.29) is 13.0 Å². The summed E-state index contributed by atoms with van der Waals surface area (Å²) in [6.45, 7) is 0.0294. The summed E-state index contributed by atoms with van der Waals surface area (Å²) < 4.78 is 36.2. The summed E-state index contributed by atoms with van der Waals surface area (Å²) in [6, 6.07) is 0. The van der Waals surface area contributed by atoms with Gasteiger partial charge in [0.2, 0.25) is 5.91 Å². The van der Waals surface area contributed by atoms with Gasteiger partial charge in [0, 0.05) is 0 Å². The van der Waals surface area contributed by atoms with Gasteiger partial charge in [-0.15, -0.1) is 0 Å². The van der Waals surface area contributed by atoms with E-state index in [1.807, 2.05) is 0 Å². The molecular weight excluding hydrogens is 518 g/mol. The van der Waals surface area contributed by atoms with Crippen LogP contribution < -0.4 is 5.73 Å². The highest BCUT2D eigenvalue weighted by Gasteiger charge is 2.34. The number of hydrogen-bond acceptors (Lipinski definition) is 7. The summed E-state index contributed by atoms with van der Waals surface area (Å²) in [5.41, 5.74) is 4.90. The molecule has 0 heterocycles. The first-order valence-electron chi connectivity index (χ1n) is 13.8. The summed E-state index contributed by atoms with van der Waals surface area (Å²) in [5.74, 6) is -5.04. The molecule has 2 atom stereocenters. The Hall–Kier alpha value is -2.21. The van der Waals surface area contributed by atoms with Crippen molar-refractivity contribution < 1.29 is 47.1 Å². The zero-order chi connectivity index (χ0) is 28.8. The lowest BCUT2D eigenvalue weighted by molar-refractivity contribution is -0.148. The van der Waals surface area contributed by atoms with Crippen LogP contribution in [0.1, 0.15) is 122 Å². The molecule has 0 saturated carbocycles. The van der Waals surface area contributed by atoms with Crippen molar-refractivity contribution in [3.8, 4) is 0 Å². The topological polar surface area (TPSA) is 198 Å². The lowest BCUT2D eigenvalue weighted by atomic mass is 9.97. The molecule has 12 heteroatoms. The minimum absolute atomic E-state index is 0.0294. The van der Waals surface area contributed by atoms with E-state index in [1.54, 1.807) is 0 Å². The molecule has 1 amide bonds. The van der Waals surface area contributed by atoms with E-state index in [0.29, 0.717) is 12.8 Å². The molecule has 0 aliphatic carbocycles. The quantitative estimate of drug-likeness (QED) is 0.0659. The van der Waals surface area contributed by atoms with Crippen LogP contribution in [0.5, 0.6) is 0 Å². The number of unbranched alkanes of at least 4 members (excludes halogenated alkanes) is 15. The average molecular weight is 566 g/mol. The molecule has 0 rings (SSSR count). The highest BCUT2D eigenvalue weighted by Crippen LogP contribution is 2.17. The fourth-order valence-electron chi connectivity index (χ4n) is 4.25. The van der Waals surface area contributed by atoms with Crippen molar-refractivity contribution in [3.05, 3.63) is 0 Å². The van der Waals surface area contributed by atoms with Crippen LogP contribution in [0, 0.1) is 5.92 Å². The van der Waals surface area contributed by atoms with Crippen LogP contribution >= 0.6 is 0 Å². The number of nitrogens with two attached hydrogens (primary N) is 1. The van der Waals surface area contributed by atoms with Gasteiger partial charge in [-0.05, 0) is 12.8 Å². The maximum atomic E-state index is 11.8. The van der Waals surface area contributed by atoms with Crippen molar-refractivity contribution in [1.82, 2.24) is 0 Å². The van der Waals surface area contributed by atoms with E-state index < -0.39 is 51.5 Å². The number of esters is 1. The van der Waals surface area contributed by atoms with E-state index >= 15 is 0 Å². The van der Waals surface area contributed by atoms with Gasteiger partial charge in [0.25, 0.3) is 10.1 Å². The molecule has 2 unspecified atom stereocenters. The summed E-state index contributed by atoms with van der Waals surface area (Å²) in [7, 11) is -4.75. The summed E-state index contributed by atoms with van der Waals surface area (Å²) in [6.07, 6.45) is 16.2. The average Bonchev–Trinajstić information content (AvgIpc) is 2.81.